The summed E-state index contributed by atoms with van der Waals surface area (Å²) in [6, 6.07) is 9.64. The van der Waals surface area contributed by atoms with Crippen molar-refractivity contribution in [2.75, 3.05) is 6.54 Å². The molecule has 0 heterocycles. The predicted molar refractivity (Wildman–Crippen MR) is 71.2 cm³/mol. The monoisotopic (exact) mass is 247 g/mol. The van der Waals surface area contributed by atoms with Crippen molar-refractivity contribution in [1.82, 2.24) is 0 Å². The van der Waals surface area contributed by atoms with Gasteiger partial charge in [-0.25, -0.2) is 0 Å². The minimum atomic E-state index is -0.326. The fourth-order valence-corrected chi connectivity index (χ4v) is 2.48. The lowest BCUT2D eigenvalue weighted by Crippen LogP contribution is -2.28. The van der Waals surface area contributed by atoms with Crippen molar-refractivity contribution < 1.29 is 9.53 Å². The summed E-state index contributed by atoms with van der Waals surface area (Å²) in [7, 11) is 0. The smallest absolute Gasteiger partial charge is 0.314 e. The Kier molecular flexibility index (Phi) is 4.76. The van der Waals surface area contributed by atoms with Crippen molar-refractivity contribution in [1.29, 1.82) is 0 Å². The van der Waals surface area contributed by atoms with Crippen molar-refractivity contribution in [3.05, 3.63) is 35.9 Å². The van der Waals surface area contributed by atoms with Gasteiger partial charge in [0.2, 0.25) is 0 Å². The van der Waals surface area contributed by atoms with E-state index >= 15 is 0 Å². The molecule has 0 radical (unpaired) electrons. The topological polar surface area (TPSA) is 52.3 Å². The molecule has 1 unspecified atom stereocenters. The molecule has 1 aromatic rings. The highest BCUT2D eigenvalue weighted by atomic mass is 16.5. The van der Waals surface area contributed by atoms with E-state index in [1.807, 2.05) is 30.3 Å². The second kappa shape index (κ2) is 6.55. The third-order valence-electron chi connectivity index (χ3n) is 3.56. The average molecular weight is 247 g/mol. The van der Waals surface area contributed by atoms with Gasteiger partial charge >= 0.3 is 5.97 Å². The first-order valence-electron chi connectivity index (χ1n) is 6.76. The van der Waals surface area contributed by atoms with Gasteiger partial charge in [0, 0.05) is 6.54 Å². The molecule has 0 bridgehead atoms. The van der Waals surface area contributed by atoms with Crippen molar-refractivity contribution in [2.24, 2.45) is 5.73 Å². The van der Waals surface area contributed by atoms with Crippen LogP contribution in [0.1, 0.15) is 43.6 Å². The van der Waals surface area contributed by atoms with Crippen LogP contribution in [0.3, 0.4) is 0 Å². The second-order valence-electron chi connectivity index (χ2n) is 4.90. The number of benzene rings is 1. The van der Waals surface area contributed by atoms with Crippen LogP contribution in [0.5, 0.6) is 0 Å². The molecule has 0 spiro atoms. The van der Waals surface area contributed by atoms with Crippen LogP contribution in [0.15, 0.2) is 30.3 Å². The van der Waals surface area contributed by atoms with Gasteiger partial charge in [0.25, 0.3) is 0 Å². The van der Waals surface area contributed by atoms with Crippen LogP contribution in [-0.2, 0) is 9.53 Å². The normalized spacial score (nSPS) is 18.3. The van der Waals surface area contributed by atoms with Crippen LogP contribution in [0.4, 0.5) is 0 Å². The fourth-order valence-electron chi connectivity index (χ4n) is 2.48. The maximum absolute atomic E-state index is 12.1. The highest BCUT2D eigenvalue weighted by Crippen LogP contribution is 2.23. The minimum Gasteiger partial charge on any atom is -0.462 e. The number of hydrogen-bond donors (Lipinski definition) is 1. The van der Waals surface area contributed by atoms with Gasteiger partial charge in [0.1, 0.15) is 6.10 Å². The summed E-state index contributed by atoms with van der Waals surface area (Å²) in [5.41, 5.74) is 6.66. The molecule has 1 saturated carbocycles. The van der Waals surface area contributed by atoms with Gasteiger partial charge in [-0.3, -0.25) is 4.79 Å². The van der Waals surface area contributed by atoms with Crippen LogP contribution < -0.4 is 5.73 Å². The molecule has 1 aliphatic rings. The number of rotatable bonds is 4. The van der Waals surface area contributed by atoms with Gasteiger partial charge in [-0.15, -0.1) is 0 Å². The van der Waals surface area contributed by atoms with Gasteiger partial charge < -0.3 is 10.5 Å². The molecule has 0 aliphatic heterocycles. The Bertz CT molecular complexity index is 371. The predicted octanol–water partition coefficient (Wildman–Crippen LogP) is 2.60. The van der Waals surface area contributed by atoms with Gasteiger partial charge in [-0.1, -0.05) is 36.8 Å². The molecular weight excluding hydrogens is 226 g/mol. The molecule has 3 heteroatoms. The molecule has 2 N–H and O–H groups in total. The summed E-state index contributed by atoms with van der Waals surface area (Å²) in [4.78, 5) is 12.1. The van der Waals surface area contributed by atoms with E-state index in [4.69, 9.17) is 10.5 Å². The molecule has 0 saturated heterocycles. The lowest BCUT2D eigenvalue weighted by molar-refractivity contribution is -0.152. The number of ether oxygens (including phenoxy) is 1. The molecule has 1 fully saturated rings. The Hall–Kier alpha value is -1.35. The average Bonchev–Trinajstić information content (AvgIpc) is 2.42. The van der Waals surface area contributed by atoms with Gasteiger partial charge in [0.05, 0.1) is 5.92 Å². The van der Waals surface area contributed by atoms with E-state index in [0.29, 0.717) is 6.54 Å². The maximum Gasteiger partial charge on any atom is 0.314 e. The third kappa shape index (κ3) is 3.33. The van der Waals surface area contributed by atoms with Crippen LogP contribution in [0.2, 0.25) is 0 Å². The zero-order valence-electron chi connectivity index (χ0n) is 10.7. The van der Waals surface area contributed by atoms with E-state index in [1.54, 1.807) is 0 Å². The van der Waals surface area contributed by atoms with Crippen molar-refractivity contribution in [3.8, 4) is 0 Å². The first kappa shape index (κ1) is 13.1. The molecule has 98 valence electrons. The van der Waals surface area contributed by atoms with Crippen LogP contribution in [-0.4, -0.2) is 18.6 Å². The van der Waals surface area contributed by atoms with E-state index in [-0.39, 0.29) is 18.0 Å². The number of hydrogen-bond acceptors (Lipinski definition) is 3. The van der Waals surface area contributed by atoms with E-state index in [0.717, 1.165) is 31.2 Å². The van der Waals surface area contributed by atoms with E-state index in [1.165, 1.54) is 6.42 Å². The number of nitrogens with two attached hydrogens (primary N) is 1. The first-order valence-corrected chi connectivity index (χ1v) is 6.76. The first-order chi connectivity index (χ1) is 8.81. The zero-order valence-corrected chi connectivity index (χ0v) is 10.7. The quantitative estimate of drug-likeness (QED) is 0.832. The molecule has 0 amide bonds. The Labute approximate surface area is 108 Å². The van der Waals surface area contributed by atoms with Crippen LogP contribution in [0, 0.1) is 0 Å². The summed E-state index contributed by atoms with van der Waals surface area (Å²) in [6.07, 6.45) is 5.68. The SMILES string of the molecule is NCC(C(=O)OC1CCCCC1)c1ccccc1. The molecule has 3 nitrogen and oxygen atoms in total. The fraction of sp³-hybridized carbons (Fsp3) is 0.533. The van der Waals surface area contributed by atoms with Crippen molar-refractivity contribution >= 4 is 5.97 Å². The van der Waals surface area contributed by atoms with Crippen LogP contribution >= 0.6 is 0 Å². The number of esters is 1. The van der Waals surface area contributed by atoms with Gasteiger partial charge in [-0.2, -0.15) is 0 Å². The lowest BCUT2D eigenvalue weighted by Gasteiger charge is -2.24. The van der Waals surface area contributed by atoms with Crippen molar-refractivity contribution in [3.63, 3.8) is 0 Å². The second-order valence-corrected chi connectivity index (χ2v) is 4.90. The maximum atomic E-state index is 12.1. The molecule has 2 rings (SSSR count). The minimum absolute atomic E-state index is 0.101. The Morgan fingerprint density at radius 3 is 2.50 bits per heavy atom. The van der Waals surface area contributed by atoms with E-state index in [9.17, 15) is 4.79 Å². The Morgan fingerprint density at radius 2 is 1.89 bits per heavy atom. The third-order valence-corrected chi connectivity index (χ3v) is 3.56. The molecular formula is C15H21NO2. The molecule has 1 aliphatic carbocycles. The highest BCUT2D eigenvalue weighted by Gasteiger charge is 2.24. The summed E-state index contributed by atoms with van der Waals surface area (Å²) in [6.45, 7) is 0.301. The number of carbonyl (C=O) groups is 1. The van der Waals surface area contributed by atoms with E-state index < -0.39 is 0 Å². The number of carbonyl (C=O) groups excluding carboxylic acids is 1. The summed E-state index contributed by atoms with van der Waals surface area (Å²) >= 11 is 0. The summed E-state index contributed by atoms with van der Waals surface area (Å²) in [5, 5.41) is 0. The zero-order chi connectivity index (χ0) is 12.8. The van der Waals surface area contributed by atoms with Gasteiger partial charge in [-0.05, 0) is 31.2 Å². The Balaban J connectivity index is 1.97. The highest BCUT2D eigenvalue weighted by molar-refractivity contribution is 5.78. The Morgan fingerprint density at radius 1 is 1.22 bits per heavy atom. The molecule has 1 atom stereocenters. The summed E-state index contributed by atoms with van der Waals surface area (Å²) < 4.78 is 5.58. The largest absolute Gasteiger partial charge is 0.462 e. The molecule has 1 aromatic carbocycles. The standard InChI is InChI=1S/C15H21NO2/c16-11-14(12-7-3-1-4-8-12)15(17)18-13-9-5-2-6-10-13/h1,3-4,7-8,13-14H,2,5-6,9-11,16H2. The lowest BCUT2D eigenvalue weighted by atomic mass is 9.96. The molecule has 18 heavy (non-hydrogen) atoms. The van der Waals surface area contributed by atoms with Crippen molar-refractivity contribution in [2.45, 2.75) is 44.1 Å². The summed E-state index contributed by atoms with van der Waals surface area (Å²) in [5.74, 6) is -0.497. The molecule has 0 aromatic heterocycles. The van der Waals surface area contributed by atoms with E-state index in [2.05, 4.69) is 0 Å². The van der Waals surface area contributed by atoms with Gasteiger partial charge in [0.15, 0.2) is 0 Å². The van der Waals surface area contributed by atoms with Crippen LogP contribution in [0.25, 0.3) is 0 Å².